The maximum Gasteiger partial charge on any atom is 0.495 e. The number of hydrogen-bond acceptors (Lipinski definition) is 3. The van der Waals surface area contributed by atoms with Crippen molar-refractivity contribution in [2.75, 3.05) is 0 Å². The molecular weight excluding hydrogens is 433 g/mol. The molecule has 0 unspecified atom stereocenters. The molecule has 2 aromatic heterocycles. The molecule has 4 aromatic carbocycles. The van der Waals surface area contributed by atoms with Crippen molar-refractivity contribution in [2.45, 2.75) is 38.9 Å². The summed E-state index contributed by atoms with van der Waals surface area (Å²) in [5.41, 5.74) is -1.95. The van der Waals surface area contributed by atoms with Gasteiger partial charge in [0.2, 0.25) is 0 Å². The average Bonchev–Trinajstić information content (AvgIpc) is 3.64. The Balaban J connectivity index is 1.77. The molecule has 1 aliphatic heterocycles. The Morgan fingerprint density at radius 1 is 0.686 bits per heavy atom. The minimum Gasteiger partial charge on any atom is -0.456 e. The van der Waals surface area contributed by atoms with Crippen molar-refractivity contribution in [1.82, 2.24) is 4.57 Å². The molecule has 0 spiro atoms. The van der Waals surface area contributed by atoms with Crippen molar-refractivity contribution in [1.29, 1.82) is 0 Å². The first-order valence-corrected chi connectivity index (χ1v) is 11.2. The second-order valence-electron chi connectivity index (χ2n) is 9.55. The summed E-state index contributed by atoms with van der Waals surface area (Å²) < 4.78 is 124. The summed E-state index contributed by atoms with van der Waals surface area (Å²) in [4.78, 5) is 0. The predicted molar refractivity (Wildman–Crippen MR) is 144 cm³/mol. The van der Waals surface area contributed by atoms with Crippen LogP contribution < -0.4 is 5.46 Å². The van der Waals surface area contributed by atoms with Crippen LogP contribution in [0, 0.1) is 0 Å². The molecule has 0 amide bonds. The van der Waals surface area contributed by atoms with Crippen molar-refractivity contribution >= 4 is 56.3 Å². The molecule has 172 valence electrons. The van der Waals surface area contributed by atoms with E-state index in [2.05, 4.69) is 0 Å². The number of fused-ring (bicyclic) bond motifs is 6. The van der Waals surface area contributed by atoms with Crippen LogP contribution in [0.3, 0.4) is 0 Å². The van der Waals surface area contributed by atoms with Crippen LogP contribution in [0.25, 0.3) is 49.4 Å². The molecule has 0 atom stereocenters. The first-order chi connectivity index (χ1) is 21.8. The zero-order chi connectivity index (χ0) is 34.4. The summed E-state index contributed by atoms with van der Waals surface area (Å²) in [5.74, 6) is 0. The van der Waals surface area contributed by atoms with Gasteiger partial charge in [-0.1, -0.05) is 54.4 Å². The lowest BCUT2D eigenvalue weighted by molar-refractivity contribution is 0.00578. The molecule has 0 radical (unpaired) electrons. The van der Waals surface area contributed by atoms with Crippen molar-refractivity contribution < 1.29 is 30.2 Å². The zero-order valence-corrected chi connectivity index (χ0v) is 19.4. The summed E-state index contributed by atoms with van der Waals surface area (Å²) in [6.45, 7) is 7.37. The summed E-state index contributed by atoms with van der Waals surface area (Å²) in [7, 11) is -1.07. The van der Waals surface area contributed by atoms with Gasteiger partial charge in [-0.05, 0) is 63.4 Å². The highest BCUT2D eigenvalue weighted by atomic mass is 16.7. The topological polar surface area (TPSA) is 36.5 Å². The highest BCUT2D eigenvalue weighted by Crippen LogP contribution is 2.40. The highest BCUT2D eigenvalue weighted by Gasteiger charge is 2.52. The van der Waals surface area contributed by atoms with E-state index in [0.717, 1.165) is 0 Å². The molecule has 1 aliphatic rings. The SMILES string of the molecule is [2H]c1cc(B2OC(C)(C)C(C)(C)O2)c2c(oc3c([2H])c([2H])cc(-n4c5c([2H])c([2H])c([2H])c([2H])c5c5c([2H])c([2H])c([2H])c([2H])c54)c32)c1[2H]. The van der Waals surface area contributed by atoms with Crippen molar-refractivity contribution in [2.24, 2.45) is 0 Å². The molecule has 6 aromatic rings. The van der Waals surface area contributed by atoms with E-state index in [4.69, 9.17) is 30.2 Å². The van der Waals surface area contributed by atoms with Gasteiger partial charge in [0.05, 0.1) is 49.8 Å². The standard InChI is InChI=1S/C30H26BNO3/c1-29(2)30(3,4)35-31(34-29)21-13-9-17-25-27(21)28-24(16-10-18-26(28)33-25)32-22-14-7-5-11-19(22)20-12-6-8-15-23(20)32/h5-18H,1-4H3/i5D,6D,7D,8D,9D,10D,11D,12D,14D,15D,17D,18D. The van der Waals surface area contributed by atoms with E-state index >= 15 is 0 Å². The lowest BCUT2D eigenvalue weighted by atomic mass is 9.76. The van der Waals surface area contributed by atoms with Crippen LogP contribution >= 0.6 is 0 Å². The van der Waals surface area contributed by atoms with E-state index in [0.29, 0.717) is 0 Å². The van der Waals surface area contributed by atoms with Crippen LogP contribution in [-0.4, -0.2) is 22.9 Å². The van der Waals surface area contributed by atoms with Crippen LogP contribution in [0.15, 0.2) is 89.1 Å². The van der Waals surface area contributed by atoms with E-state index in [9.17, 15) is 0 Å². The molecule has 0 N–H and O–H groups in total. The van der Waals surface area contributed by atoms with E-state index in [-0.39, 0.29) is 79.1 Å². The number of aromatic nitrogens is 1. The van der Waals surface area contributed by atoms with Crippen molar-refractivity contribution in [3.8, 4) is 5.69 Å². The van der Waals surface area contributed by atoms with Gasteiger partial charge in [0, 0.05) is 16.2 Å². The first-order valence-electron chi connectivity index (χ1n) is 17.2. The van der Waals surface area contributed by atoms with Gasteiger partial charge in [-0.15, -0.1) is 0 Å². The van der Waals surface area contributed by atoms with Gasteiger partial charge in [-0.2, -0.15) is 0 Å². The molecule has 0 aliphatic carbocycles. The predicted octanol–water partition coefficient (Wildman–Crippen LogP) is 6.98. The monoisotopic (exact) mass is 471 g/mol. The molecule has 0 bridgehead atoms. The molecule has 0 saturated carbocycles. The quantitative estimate of drug-likeness (QED) is 0.256. The Bertz CT molecular complexity index is 2320. The fourth-order valence-corrected chi connectivity index (χ4v) is 4.61. The third-order valence-corrected chi connectivity index (χ3v) is 7.04. The average molecular weight is 471 g/mol. The second-order valence-corrected chi connectivity index (χ2v) is 9.55. The molecule has 7 rings (SSSR count). The van der Waals surface area contributed by atoms with Gasteiger partial charge < -0.3 is 18.3 Å². The Kier molecular flexibility index (Phi) is 2.39. The molecule has 1 fully saturated rings. The fraction of sp³-hybridized carbons (Fsp3) is 0.200. The van der Waals surface area contributed by atoms with Gasteiger partial charge >= 0.3 is 7.12 Å². The van der Waals surface area contributed by atoms with Gasteiger partial charge in [-0.25, -0.2) is 0 Å². The number of furan rings is 1. The molecule has 5 heteroatoms. The Morgan fingerprint density at radius 2 is 1.23 bits per heavy atom. The van der Waals surface area contributed by atoms with Crippen LogP contribution in [-0.2, 0) is 9.31 Å². The third kappa shape index (κ3) is 2.83. The molecule has 1 saturated heterocycles. The summed E-state index contributed by atoms with van der Waals surface area (Å²) in [6.07, 6.45) is 0. The number of para-hydroxylation sites is 2. The van der Waals surface area contributed by atoms with Crippen LogP contribution in [0.1, 0.15) is 44.1 Å². The normalized spacial score (nSPS) is 22.1. The van der Waals surface area contributed by atoms with E-state index in [1.54, 1.807) is 0 Å². The zero-order valence-electron chi connectivity index (χ0n) is 31.4. The first kappa shape index (κ1) is 11.9. The van der Waals surface area contributed by atoms with Gasteiger partial charge in [0.15, 0.2) is 0 Å². The summed E-state index contributed by atoms with van der Waals surface area (Å²) in [6, 6.07) is -3.12. The smallest absolute Gasteiger partial charge is 0.456 e. The van der Waals surface area contributed by atoms with Crippen LogP contribution in [0.5, 0.6) is 0 Å². The van der Waals surface area contributed by atoms with E-state index in [1.807, 2.05) is 27.7 Å². The minimum atomic E-state index is -1.07. The third-order valence-electron chi connectivity index (χ3n) is 7.04. The minimum absolute atomic E-state index is 0.00436. The van der Waals surface area contributed by atoms with E-state index < -0.39 is 66.7 Å². The molecule has 3 heterocycles. The largest absolute Gasteiger partial charge is 0.495 e. The number of nitrogens with zero attached hydrogens (tertiary/aromatic N) is 1. The van der Waals surface area contributed by atoms with Crippen LogP contribution in [0.2, 0.25) is 0 Å². The maximum atomic E-state index is 8.92. The van der Waals surface area contributed by atoms with Gasteiger partial charge in [0.25, 0.3) is 0 Å². The molecular formula is C30H26BNO3. The van der Waals surface area contributed by atoms with E-state index in [1.165, 1.54) is 16.7 Å². The fourth-order valence-electron chi connectivity index (χ4n) is 4.61. The Labute approximate surface area is 221 Å². The highest BCUT2D eigenvalue weighted by molar-refractivity contribution is 6.66. The van der Waals surface area contributed by atoms with Gasteiger partial charge in [0.1, 0.15) is 11.2 Å². The molecule has 4 nitrogen and oxygen atoms in total. The summed E-state index contributed by atoms with van der Waals surface area (Å²) in [5, 5.41) is -0.0000152. The lowest BCUT2D eigenvalue weighted by Gasteiger charge is -2.32. The number of rotatable bonds is 2. The number of hydrogen-bond donors (Lipinski definition) is 0. The lowest BCUT2D eigenvalue weighted by Crippen LogP contribution is -2.41. The van der Waals surface area contributed by atoms with Crippen molar-refractivity contribution in [3.63, 3.8) is 0 Å². The number of benzene rings is 4. The van der Waals surface area contributed by atoms with Gasteiger partial charge in [-0.3, -0.25) is 0 Å². The summed E-state index contributed by atoms with van der Waals surface area (Å²) >= 11 is 0. The second kappa shape index (κ2) is 7.00. The van der Waals surface area contributed by atoms with Crippen LogP contribution in [0.4, 0.5) is 0 Å². The maximum absolute atomic E-state index is 8.92. The van der Waals surface area contributed by atoms with Crippen molar-refractivity contribution in [3.05, 3.63) is 84.6 Å². The Morgan fingerprint density at radius 3 is 1.86 bits per heavy atom. The Hall–Kier alpha value is -3.54. The molecule has 35 heavy (non-hydrogen) atoms.